The van der Waals surface area contributed by atoms with Gasteiger partial charge in [0.25, 0.3) is 0 Å². The van der Waals surface area contributed by atoms with Crippen LogP contribution in [0.1, 0.15) is 0 Å². The van der Waals surface area contributed by atoms with Gasteiger partial charge in [-0.2, -0.15) is 0 Å². The van der Waals surface area contributed by atoms with Crippen molar-refractivity contribution < 1.29 is 14.8 Å². The minimum absolute atomic E-state index is 0.494. The second kappa shape index (κ2) is 6.06. The van der Waals surface area contributed by atoms with Gasteiger partial charge in [0.1, 0.15) is 12.4 Å². The van der Waals surface area contributed by atoms with Crippen molar-refractivity contribution in [2.45, 2.75) is 0 Å². The van der Waals surface area contributed by atoms with Crippen molar-refractivity contribution in [3.05, 3.63) is 36.4 Å². The first-order valence-corrected chi connectivity index (χ1v) is 6.23. The van der Waals surface area contributed by atoms with Crippen LogP contribution in [0, 0.1) is 0 Å². The Hall–Kier alpha value is -1.56. The van der Waals surface area contributed by atoms with Gasteiger partial charge in [0.15, 0.2) is 0 Å². The van der Waals surface area contributed by atoms with Crippen LogP contribution in [0.25, 0.3) is 10.8 Å². The minimum atomic E-state index is -1.43. The Morgan fingerprint density at radius 3 is 2.42 bits per heavy atom. The Kier molecular flexibility index (Phi) is 4.42. The smallest absolute Gasteiger partial charge is 0.488 e. The van der Waals surface area contributed by atoms with E-state index in [2.05, 4.69) is 4.90 Å². The molecule has 0 aliphatic heterocycles. The molecule has 0 atom stereocenters. The van der Waals surface area contributed by atoms with E-state index < -0.39 is 7.12 Å². The molecule has 4 nitrogen and oxygen atoms in total. The van der Waals surface area contributed by atoms with E-state index in [1.165, 1.54) is 0 Å². The summed E-state index contributed by atoms with van der Waals surface area (Å²) in [6, 6.07) is 11.1. The predicted octanol–water partition coefficient (Wildman–Crippen LogP) is 0.460. The average molecular weight is 259 g/mol. The number of fused-ring (bicyclic) bond motifs is 1. The number of ether oxygens (including phenoxy) is 1. The molecule has 0 unspecified atom stereocenters. The monoisotopic (exact) mass is 259 g/mol. The summed E-state index contributed by atoms with van der Waals surface area (Å²) in [4.78, 5) is 2.07. The van der Waals surface area contributed by atoms with E-state index in [-0.39, 0.29) is 0 Å². The van der Waals surface area contributed by atoms with Gasteiger partial charge in [-0.15, -0.1) is 0 Å². The molecule has 0 aromatic heterocycles. The zero-order chi connectivity index (χ0) is 13.8. The van der Waals surface area contributed by atoms with E-state index >= 15 is 0 Å². The van der Waals surface area contributed by atoms with Crippen molar-refractivity contribution in [1.82, 2.24) is 4.90 Å². The van der Waals surface area contributed by atoms with Crippen LogP contribution in [-0.2, 0) is 0 Å². The topological polar surface area (TPSA) is 52.9 Å². The van der Waals surface area contributed by atoms with E-state index in [1.54, 1.807) is 12.1 Å². The Balaban J connectivity index is 2.15. The number of rotatable bonds is 5. The fourth-order valence-electron chi connectivity index (χ4n) is 1.84. The summed E-state index contributed by atoms with van der Waals surface area (Å²) in [6.07, 6.45) is 0. The van der Waals surface area contributed by atoms with E-state index in [0.717, 1.165) is 23.1 Å². The van der Waals surface area contributed by atoms with Crippen LogP contribution >= 0.6 is 0 Å². The molecule has 2 aromatic carbocycles. The summed E-state index contributed by atoms with van der Waals surface area (Å²) < 4.78 is 5.66. The molecule has 0 saturated carbocycles. The first kappa shape index (κ1) is 13.9. The summed E-state index contributed by atoms with van der Waals surface area (Å²) in [6.45, 7) is 1.51. The molecule has 0 radical (unpaired) electrons. The summed E-state index contributed by atoms with van der Waals surface area (Å²) in [5.74, 6) is 0.826. The van der Waals surface area contributed by atoms with Gasteiger partial charge in [-0.1, -0.05) is 24.3 Å². The first-order chi connectivity index (χ1) is 9.06. The third-order valence-electron chi connectivity index (χ3n) is 2.94. The van der Waals surface area contributed by atoms with Gasteiger partial charge in [-0.05, 0) is 42.5 Å². The van der Waals surface area contributed by atoms with Gasteiger partial charge in [0.2, 0.25) is 0 Å². The summed E-state index contributed by atoms with van der Waals surface area (Å²) in [5.41, 5.74) is 0.494. The van der Waals surface area contributed by atoms with Crippen LogP contribution in [0.4, 0.5) is 0 Å². The van der Waals surface area contributed by atoms with Gasteiger partial charge < -0.3 is 19.7 Å². The molecule has 0 spiro atoms. The zero-order valence-electron chi connectivity index (χ0n) is 11.2. The normalized spacial score (nSPS) is 11.0. The number of hydrogen-bond donors (Lipinski definition) is 2. The number of nitrogens with zero attached hydrogens (tertiary/aromatic N) is 1. The molecular weight excluding hydrogens is 241 g/mol. The highest BCUT2D eigenvalue weighted by atomic mass is 16.5. The Morgan fingerprint density at radius 2 is 1.74 bits per heavy atom. The van der Waals surface area contributed by atoms with Crippen molar-refractivity contribution in [3.63, 3.8) is 0 Å². The molecule has 19 heavy (non-hydrogen) atoms. The second-order valence-electron chi connectivity index (χ2n) is 4.79. The van der Waals surface area contributed by atoms with Crippen molar-refractivity contribution in [1.29, 1.82) is 0 Å². The lowest BCUT2D eigenvalue weighted by molar-refractivity contribution is 0.261. The number of likely N-dealkylation sites (N-methyl/N-ethyl adjacent to an activating group) is 1. The summed E-state index contributed by atoms with van der Waals surface area (Å²) >= 11 is 0. The molecule has 0 saturated heterocycles. The van der Waals surface area contributed by atoms with E-state index in [9.17, 15) is 0 Å². The average Bonchev–Trinajstić information content (AvgIpc) is 2.37. The zero-order valence-corrected chi connectivity index (χ0v) is 11.2. The molecule has 2 rings (SSSR count). The molecule has 0 aliphatic rings. The van der Waals surface area contributed by atoms with E-state index in [1.807, 2.05) is 38.4 Å². The Bertz CT molecular complexity index is 557. The van der Waals surface area contributed by atoms with Crippen LogP contribution in [0.3, 0.4) is 0 Å². The lowest BCUT2D eigenvalue weighted by Gasteiger charge is -2.11. The lowest BCUT2D eigenvalue weighted by atomic mass is 9.79. The largest absolute Gasteiger partial charge is 0.492 e. The van der Waals surface area contributed by atoms with Crippen molar-refractivity contribution in [2.24, 2.45) is 0 Å². The van der Waals surface area contributed by atoms with Crippen molar-refractivity contribution in [2.75, 3.05) is 27.2 Å². The number of benzene rings is 2. The fraction of sp³-hybridized carbons (Fsp3) is 0.286. The molecular formula is C14H18BNO3. The maximum absolute atomic E-state index is 9.13. The quantitative estimate of drug-likeness (QED) is 0.766. The van der Waals surface area contributed by atoms with Crippen LogP contribution in [0.15, 0.2) is 36.4 Å². The SMILES string of the molecule is CN(C)CCOc1ccc2cc(B(O)O)ccc2c1. The van der Waals surface area contributed by atoms with Gasteiger partial charge in [0, 0.05) is 6.54 Å². The maximum Gasteiger partial charge on any atom is 0.488 e. The Morgan fingerprint density at radius 1 is 1.05 bits per heavy atom. The molecule has 0 heterocycles. The molecule has 5 heteroatoms. The molecule has 0 fully saturated rings. The fourth-order valence-corrected chi connectivity index (χ4v) is 1.84. The minimum Gasteiger partial charge on any atom is -0.492 e. The van der Waals surface area contributed by atoms with Crippen molar-refractivity contribution in [3.8, 4) is 5.75 Å². The molecule has 0 aliphatic carbocycles. The summed E-state index contributed by atoms with van der Waals surface area (Å²) in [5, 5.41) is 20.2. The third kappa shape index (κ3) is 3.70. The van der Waals surface area contributed by atoms with E-state index in [0.29, 0.717) is 12.1 Å². The standard InChI is InChI=1S/C14H18BNO3/c1-16(2)7-8-19-14-6-4-11-9-13(15(17)18)5-3-12(11)10-14/h3-6,9-10,17-18H,7-8H2,1-2H3. The maximum atomic E-state index is 9.13. The highest BCUT2D eigenvalue weighted by molar-refractivity contribution is 6.58. The molecule has 0 amide bonds. The summed E-state index contributed by atoms with van der Waals surface area (Å²) in [7, 11) is 2.58. The lowest BCUT2D eigenvalue weighted by Crippen LogP contribution is -2.29. The Labute approximate surface area is 113 Å². The van der Waals surface area contributed by atoms with Crippen LogP contribution in [0.2, 0.25) is 0 Å². The van der Waals surface area contributed by atoms with Crippen molar-refractivity contribution >= 4 is 23.4 Å². The molecule has 2 aromatic rings. The number of hydrogen-bond acceptors (Lipinski definition) is 4. The molecule has 100 valence electrons. The highest BCUT2D eigenvalue weighted by Crippen LogP contribution is 2.20. The van der Waals surface area contributed by atoms with Gasteiger partial charge in [-0.3, -0.25) is 0 Å². The first-order valence-electron chi connectivity index (χ1n) is 6.23. The highest BCUT2D eigenvalue weighted by Gasteiger charge is 2.10. The third-order valence-corrected chi connectivity index (χ3v) is 2.94. The van der Waals surface area contributed by atoms with Gasteiger partial charge in [0.05, 0.1) is 0 Å². The van der Waals surface area contributed by atoms with Crippen LogP contribution in [-0.4, -0.2) is 49.3 Å². The molecule has 0 bridgehead atoms. The second-order valence-corrected chi connectivity index (χ2v) is 4.79. The van der Waals surface area contributed by atoms with Crippen LogP contribution in [0.5, 0.6) is 5.75 Å². The van der Waals surface area contributed by atoms with Gasteiger partial charge >= 0.3 is 7.12 Å². The predicted molar refractivity (Wildman–Crippen MR) is 77.8 cm³/mol. The van der Waals surface area contributed by atoms with E-state index in [4.69, 9.17) is 14.8 Å². The van der Waals surface area contributed by atoms with Crippen LogP contribution < -0.4 is 10.2 Å². The van der Waals surface area contributed by atoms with Gasteiger partial charge in [-0.25, -0.2) is 0 Å². The molecule has 2 N–H and O–H groups in total.